The molecule has 0 N–H and O–H groups in total. The van der Waals surface area contributed by atoms with Gasteiger partial charge in [-0.3, -0.25) is 0 Å². The summed E-state index contributed by atoms with van der Waals surface area (Å²) in [6.07, 6.45) is 5.74. The van der Waals surface area contributed by atoms with Crippen molar-refractivity contribution >= 4 is 43.3 Å². The number of benzene rings is 4. The van der Waals surface area contributed by atoms with E-state index in [0.29, 0.717) is 0 Å². The van der Waals surface area contributed by atoms with Crippen LogP contribution in [0.5, 0.6) is 0 Å². The third kappa shape index (κ3) is 3.20. The van der Waals surface area contributed by atoms with Crippen LogP contribution in [0.25, 0.3) is 44.2 Å². The quantitative estimate of drug-likeness (QED) is 0.210. The smallest absolute Gasteiger partial charge is 0.0582 e. The Balaban J connectivity index is 1.80. The van der Waals surface area contributed by atoms with E-state index in [2.05, 4.69) is 126 Å². The van der Waals surface area contributed by atoms with E-state index in [4.69, 9.17) is 0 Å². The third-order valence-corrected chi connectivity index (χ3v) is 7.86. The lowest BCUT2D eigenvalue weighted by molar-refractivity contribution is 0.630. The fourth-order valence-corrected chi connectivity index (χ4v) is 5.97. The lowest BCUT2D eigenvalue weighted by atomic mass is 9.74. The summed E-state index contributed by atoms with van der Waals surface area (Å²) in [7, 11) is 0. The van der Waals surface area contributed by atoms with Crippen molar-refractivity contribution < 1.29 is 0 Å². The molecular formula is C33H26BrN. The standard InChI is InChI=1S/C33H26BrN/c1-5-10-21(6-2)23-13-15-30-26(17-23)27-18-24(22-11-8-7-9-12-22)19-29-32(27)35(30)31-16-14-25(34)20-28(31)33(29,3)4/h5-20H,1-2H2,3-4H3/b21-10+. The molecule has 0 fully saturated rings. The van der Waals surface area contributed by atoms with E-state index in [1.807, 2.05) is 18.2 Å². The highest BCUT2D eigenvalue weighted by Gasteiger charge is 2.35. The molecule has 1 aromatic heterocycles. The Morgan fingerprint density at radius 3 is 2.37 bits per heavy atom. The van der Waals surface area contributed by atoms with Gasteiger partial charge in [-0.1, -0.05) is 97.6 Å². The zero-order chi connectivity index (χ0) is 24.3. The van der Waals surface area contributed by atoms with E-state index in [1.54, 1.807) is 0 Å². The second-order valence-corrected chi connectivity index (χ2v) is 10.6. The summed E-state index contributed by atoms with van der Waals surface area (Å²) >= 11 is 3.73. The van der Waals surface area contributed by atoms with E-state index in [9.17, 15) is 0 Å². The van der Waals surface area contributed by atoms with Crippen molar-refractivity contribution in [1.82, 2.24) is 4.57 Å². The molecule has 1 nitrogen and oxygen atoms in total. The van der Waals surface area contributed by atoms with Crippen LogP contribution >= 0.6 is 15.9 Å². The molecule has 0 saturated carbocycles. The predicted octanol–water partition coefficient (Wildman–Crippen LogP) is 9.61. The highest BCUT2D eigenvalue weighted by atomic mass is 79.9. The van der Waals surface area contributed by atoms with Gasteiger partial charge in [0.15, 0.2) is 0 Å². The second kappa shape index (κ2) is 7.96. The summed E-state index contributed by atoms with van der Waals surface area (Å²) in [5.41, 5.74) is 11.0. The first-order chi connectivity index (χ1) is 16.9. The van der Waals surface area contributed by atoms with Gasteiger partial charge in [0.05, 0.1) is 16.7 Å². The number of fused-ring (bicyclic) bond motifs is 5. The molecule has 0 aliphatic carbocycles. The molecule has 5 aromatic rings. The lowest BCUT2D eigenvalue weighted by Crippen LogP contribution is -2.26. The summed E-state index contributed by atoms with van der Waals surface area (Å²) in [5, 5.41) is 2.53. The van der Waals surface area contributed by atoms with Crippen LogP contribution in [-0.2, 0) is 5.41 Å². The lowest BCUT2D eigenvalue weighted by Gasteiger charge is -2.35. The van der Waals surface area contributed by atoms with Crippen LogP contribution in [0.4, 0.5) is 0 Å². The van der Waals surface area contributed by atoms with E-state index >= 15 is 0 Å². The van der Waals surface area contributed by atoms with E-state index in [0.717, 1.165) is 15.6 Å². The largest absolute Gasteiger partial charge is 0.309 e. The molecule has 0 amide bonds. The predicted molar refractivity (Wildman–Crippen MR) is 154 cm³/mol. The molecule has 1 aliphatic rings. The monoisotopic (exact) mass is 515 g/mol. The maximum absolute atomic E-state index is 4.03. The number of rotatable bonds is 4. The van der Waals surface area contributed by atoms with Crippen LogP contribution in [-0.4, -0.2) is 4.57 Å². The van der Waals surface area contributed by atoms with Crippen molar-refractivity contribution in [3.05, 3.63) is 131 Å². The molecule has 1 aliphatic heterocycles. The molecule has 0 unspecified atom stereocenters. The topological polar surface area (TPSA) is 4.93 Å². The Morgan fingerprint density at radius 1 is 0.829 bits per heavy atom. The molecule has 0 saturated heterocycles. The van der Waals surface area contributed by atoms with Gasteiger partial charge in [-0.15, -0.1) is 0 Å². The minimum atomic E-state index is -0.148. The normalized spacial score (nSPS) is 14.2. The summed E-state index contributed by atoms with van der Waals surface area (Å²) in [6, 6.07) is 28.9. The summed E-state index contributed by atoms with van der Waals surface area (Å²) < 4.78 is 3.56. The maximum atomic E-state index is 4.03. The maximum Gasteiger partial charge on any atom is 0.0582 e. The molecule has 4 aromatic carbocycles. The average Bonchev–Trinajstić information content (AvgIpc) is 3.20. The highest BCUT2D eigenvalue weighted by Crippen LogP contribution is 2.49. The van der Waals surface area contributed by atoms with Crippen LogP contribution in [0, 0.1) is 0 Å². The SMILES string of the molecule is C=C/C=C(\C=C)c1ccc2c(c1)c1cc(-c3ccccc3)cc3c1n2-c1ccc(Br)cc1C3(C)C. The average molecular weight is 516 g/mol. The van der Waals surface area contributed by atoms with Crippen LogP contribution in [0.15, 0.2) is 115 Å². The molecule has 0 radical (unpaired) electrons. The summed E-state index contributed by atoms with van der Waals surface area (Å²) in [4.78, 5) is 0. The first-order valence-electron chi connectivity index (χ1n) is 11.9. The van der Waals surface area contributed by atoms with E-state index < -0.39 is 0 Å². The Kier molecular flexibility index (Phi) is 4.98. The number of hydrogen-bond donors (Lipinski definition) is 0. The van der Waals surface area contributed by atoms with Gasteiger partial charge in [0, 0.05) is 20.7 Å². The Hall–Kier alpha value is -3.62. The van der Waals surface area contributed by atoms with Crippen molar-refractivity contribution in [3.8, 4) is 16.8 Å². The number of allylic oxidation sites excluding steroid dienone is 4. The molecule has 170 valence electrons. The molecule has 6 rings (SSSR count). The van der Waals surface area contributed by atoms with Crippen molar-refractivity contribution in [1.29, 1.82) is 0 Å². The first-order valence-corrected chi connectivity index (χ1v) is 12.7. The van der Waals surface area contributed by atoms with Gasteiger partial charge in [0.2, 0.25) is 0 Å². The van der Waals surface area contributed by atoms with Crippen molar-refractivity contribution in [2.24, 2.45) is 0 Å². The fourth-order valence-electron chi connectivity index (χ4n) is 5.61. The second-order valence-electron chi connectivity index (χ2n) is 9.70. The van der Waals surface area contributed by atoms with Gasteiger partial charge in [-0.25, -0.2) is 0 Å². The molecule has 0 atom stereocenters. The van der Waals surface area contributed by atoms with E-state index in [1.165, 1.54) is 49.7 Å². The third-order valence-electron chi connectivity index (χ3n) is 7.37. The van der Waals surface area contributed by atoms with Gasteiger partial charge in [0.1, 0.15) is 0 Å². The van der Waals surface area contributed by atoms with Crippen LogP contribution in [0.2, 0.25) is 0 Å². The zero-order valence-electron chi connectivity index (χ0n) is 20.0. The van der Waals surface area contributed by atoms with Crippen LogP contribution in [0.3, 0.4) is 0 Å². The van der Waals surface area contributed by atoms with E-state index in [-0.39, 0.29) is 5.41 Å². The Labute approximate surface area is 214 Å². The molecule has 2 heteroatoms. The molecule has 0 spiro atoms. The Morgan fingerprint density at radius 2 is 1.63 bits per heavy atom. The van der Waals surface area contributed by atoms with Gasteiger partial charge in [-0.2, -0.15) is 0 Å². The number of halogens is 1. The molecule has 2 heterocycles. The number of hydrogen-bond acceptors (Lipinski definition) is 0. The highest BCUT2D eigenvalue weighted by molar-refractivity contribution is 9.10. The number of nitrogens with zero attached hydrogens (tertiary/aromatic N) is 1. The summed E-state index contributed by atoms with van der Waals surface area (Å²) in [5.74, 6) is 0. The van der Waals surface area contributed by atoms with Crippen LogP contribution < -0.4 is 0 Å². The van der Waals surface area contributed by atoms with Gasteiger partial charge in [-0.05, 0) is 75.9 Å². The fraction of sp³-hybridized carbons (Fsp3) is 0.0909. The van der Waals surface area contributed by atoms with Crippen molar-refractivity contribution in [2.45, 2.75) is 19.3 Å². The Bertz CT molecular complexity index is 1700. The van der Waals surface area contributed by atoms with Crippen molar-refractivity contribution in [2.75, 3.05) is 0 Å². The first kappa shape index (κ1) is 21.9. The molecule has 35 heavy (non-hydrogen) atoms. The zero-order valence-corrected chi connectivity index (χ0v) is 21.6. The van der Waals surface area contributed by atoms with Gasteiger partial charge in [0.25, 0.3) is 0 Å². The van der Waals surface area contributed by atoms with Crippen molar-refractivity contribution in [3.63, 3.8) is 0 Å². The number of aromatic nitrogens is 1. The van der Waals surface area contributed by atoms with Crippen LogP contribution in [0.1, 0.15) is 30.5 Å². The molecular weight excluding hydrogens is 490 g/mol. The molecule has 0 bridgehead atoms. The summed E-state index contributed by atoms with van der Waals surface area (Å²) in [6.45, 7) is 12.6. The minimum absolute atomic E-state index is 0.148. The van der Waals surface area contributed by atoms with Gasteiger partial charge >= 0.3 is 0 Å². The van der Waals surface area contributed by atoms with Gasteiger partial charge < -0.3 is 4.57 Å². The minimum Gasteiger partial charge on any atom is -0.309 e.